The minimum absolute atomic E-state index is 0.176. The lowest BCUT2D eigenvalue weighted by atomic mass is 10.00. The number of hydrogen-bond acceptors (Lipinski definition) is 4. The first-order chi connectivity index (χ1) is 14.2. The number of hydrogen-bond donors (Lipinski definition) is 2. The SMILES string of the molecule is CCCc1sc(N[C@H](CN)Cc2ccccc2C(F)(F)F)cc1-c1c(Cl)cnn1C. The molecule has 0 amide bonds. The number of anilines is 1. The molecule has 1 atom stereocenters. The van der Waals surface area contributed by atoms with Gasteiger partial charge < -0.3 is 11.1 Å². The highest BCUT2D eigenvalue weighted by Crippen LogP contribution is 2.39. The van der Waals surface area contributed by atoms with Crippen LogP contribution in [-0.2, 0) is 26.1 Å². The zero-order valence-electron chi connectivity index (χ0n) is 16.8. The summed E-state index contributed by atoms with van der Waals surface area (Å²) in [6.07, 6.45) is -0.783. The van der Waals surface area contributed by atoms with Crippen LogP contribution >= 0.6 is 22.9 Å². The number of thiophene rings is 1. The summed E-state index contributed by atoms with van der Waals surface area (Å²) in [5, 5.41) is 8.96. The molecular weight excluding hydrogens is 433 g/mol. The van der Waals surface area contributed by atoms with Crippen molar-refractivity contribution in [3.8, 4) is 11.3 Å². The molecule has 0 aliphatic carbocycles. The molecule has 1 aromatic carbocycles. The smallest absolute Gasteiger partial charge is 0.373 e. The molecule has 3 aromatic rings. The fraction of sp³-hybridized carbons (Fsp3) is 0.381. The van der Waals surface area contributed by atoms with Gasteiger partial charge in [0.1, 0.15) is 0 Å². The molecule has 30 heavy (non-hydrogen) atoms. The fourth-order valence-electron chi connectivity index (χ4n) is 3.46. The minimum atomic E-state index is -4.39. The molecule has 0 aliphatic rings. The maximum absolute atomic E-state index is 13.3. The van der Waals surface area contributed by atoms with Gasteiger partial charge in [-0.25, -0.2) is 0 Å². The van der Waals surface area contributed by atoms with Gasteiger partial charge in [0.25, 0.3) is 0 Å². The van der Waals surface area contributed by atoms with Gasteiger partial charge in [0.2, 0.25) is 0 Å². The number of aromatic nitrogens is 2. The first-order valence-electron chi connectivity index (χ1n) is 9.66. The Morgan fingerprint density at radius 3 is 2.63 bits per heavy atom. The van der Waals surface area contributed by atoms with Gasteiger partial charge in [-0.15, -0.1) is 11.3 Å². The molecule has 9 heteroatoms. The van der Waals surface area contributed by atoms with Crippen LogP contribution in [0.4, 0.5) is 18.2 Å². The first kappa shape index (κ1) is 22.7. The minimum Gasteiger partial charge on any atom is -0.373 e. The quantitative estimate of drug-likeness (QED) is 0.453. The van der Waals surface area contributed by atoms with Crippen molar-refractivity contribution in [1.82, 2.24) is 9.78 Å². The maximum Gasteiger partial charge on any atom is 0.416 e. The molecule has 0 spiro atoms. The largest absolute Gasteiger partial charge is 0.416 e. The maximum atomic E-state index is 13.3. The number of nitrogens with two attached hydrogens (primary N) is 1. The summed E-state index contributed by atoms with van der Waals surface area (Å²) in [6, 6.07) is 7.27. The van der Waals surface area contributed by atoms with Crippen LogP contribution in [-0.4, -0.2) is 22.4 Å². The van der Waals surface area contributed by atoms with E-state index in [4.69, 9.17) is 17.3 Å². The third kappa shape index (κ3) is 4.99. The molecule has 0 unspecified atom stereocenters. The average Bonchev–Trinajstić information content (AvgIpc) is 3.23. The van der Waals surface area contributed by atoms with Crippen LogP contribution < -0.4 is 11.1 Å². The van der Waals surface area contributed by atoms with E-state index in [1.165, 1.54) is 12.1 Å². The molecule has 4 nitrogen and oxygen atoms in total. The number of benzene rings is 1. The highest BCUT2D eigenvalue weighted by molar-refractivity contribution is 7.16. The summed E-state index contributed by atoms with van der Waals surface area (Å²) < 4.78 is 41.7. The van der Waals surface area contributed by atoms with E-state index in [1.54, 1.807) is 28.3 Å². The summed E-state index contributed by atoms with van der Waals surface area (Å²) in [6.45, 7) is 2.30. The fourth-order valence-corrected chi connectivity index (χ4v) is 4.97. The van der Waals surface area contributed by atoms with Crippen molar-refractivity contribution in [2.45, 2.75) is 38.4 Å². The summed E-state index contributed by atoms with van der Waals surface area (Å²) in [5.74, 6) is 0. The van der Waals surface area contributed by atoms with Gasteiger partial charge in [-0.05, 0) is 30.5 Å². The number of nitrogens with one attached hydrogen (secondary N) is 1. The number of halogens is 4. The summed E-state index contributed by atoms with van der Waals surface area (Å²) in [4.78, 5) is 1.15. The Hall–Kier alpha value is -2.03. The summed E-state index contributed by atoms with van der Waals surface area (Å²) in [7, 11) is 1.83. The van der Waals surface area contributed by atoms with E-state index in [0.717, 1.165) is 40.0 Å². The van der Waals surface area contributed by atoms with Gasteiger partial charge in [-0.2, -0.15) is 18.3 Å². The third-order valence-corrected chi connectivity index (χ3v) is 6.26. The average molecular weight is 457 g/mol. The molecule has 0 aliphatic heterocycles. The van der Waals surface area contributed by atoms with Gasteiger partial charge in [-0.1, -0.05) is 43.1 Å². The van der Waals surface area contributed by atoms with Crippen molar-refractivity contribution < 1.29 is 13.2 Å². The van der Waals surface area contributed by atoms with E-state index in [-0.39, 0.29) is 24.6 Å². The topological polar surface area (TPSA) is 55.9 Å². The number of aryl methyl sites for hydroxylation is 2. The highest BCUT2D eigenvalue weighted by atomic mass is 35.5. The van der Waals surface area contributed by atoms with E-state index in [9.17, 15) is 13.2 Å². The van der Waals surface area contributed by atoms with Crippen molar-refractivity contribution in [3.05, 3.63) is 57.6 Å². The van der Waals surface area contributed by atoms with Crippen LogP contribution in [0.2, 0.25) is 5.02 Å². The summed E-state index contributed by atoms with van der Waals surface area (Å²) in [5.41, 5.74) is 7.33. The molecule has 2 aromatic heterocycles. The van der Waals surface area contributed by atoms with E-state index >= 15 is 0 Å². The molecule has 0 radical (unpaired) electrons. The predicted molar refractivity (Wildman–Crippen MR) is 117 cm³/mol. The van der Waals surface area contributed by atoms with Crippen LogP contribution in [0.25, 0.3) is 11.3 Å². The van der Waals surface area contributed by atoms with E-state index in [0.29, 0.717) is 5.02 Å². The second-order valence-corrected chi connectivity index (χ2v) is 8.64. The van der Waals surface area contributed by atoms with Crippen molar-refractivity contribution in [2.75, 3.05) is 11.9 Å². The van der Waals surface area contributed by atoms with Crippen molar-refractivity contribution in [2.24, 2.45) is 12.8 Å². The van der Waals surface area contributed by atoms with Crippen LogP contribution in [0.3, 0.4) is 0 Å². The Morgan fingerprint density at radius 1 is 1.30 bits per heavy atom. The van der Waals surface area contributed by atoms with Crippen molar-refractivity contribution in [3.63, 3.8) is 0 Å². The van der Waals surface area contributed by atoms with Crippen LogP contribution in [0.15, 0.2) is 36.5 Å². The Balaban J connectivity index is 1.87. The standard InChI is InChI=1S/C21H24ClF3N4S/c1-3-6-18-15(20-17(22)12-27-29(20)2)10-19(30-18)28-14(11-26)9-13-7-4-5-8-16(13)21(23,24)25/h4-5,7-8,10,12,14,28H,3,6,9,11,26H2,1-2H3/t14-/m0/s1. The Bertz CT molecular complexity index is 977. The van der Waals surface area contributed by atoms with Gasteiger partial charge in [0.15, 0.2) is 0 Å². The zero-order valence-corrected chi connectivity index (χ0v) is 18.3. The van der Waals surface area contributed by atoms with E-state index < -0.39 is 11.7 Å². The van der Waals surface area contributed by atoms with Crippen LogP contribution in [0.1, 0.15) is 29.3 Å². The summed E-state index contributed by atoms with van der Waals surface area (Å²) >= 11 is 7.91. The molecule has 162 valence electrons. The number of alkyl halides is 3. The van der Waals surface area contributed by atoms with Gasteiger partial charge in [0.05, 0.1) is 27.5 Å². The predicted octanol–water partition coefficient (Wildman–Crippen LogP) is 5.76. The molecule has 0 saturated carbocycles. The van der Waals surface area contributed by atoms with Gasteiger partial charge in [-0.3, -0.25) is 4.68 Å². The lowest BCUT2D eigenvalue weighted by Gasteiger charge is -2.20. The molecule has 0 fully saturated rings. The Morgan fingerprint density at radius 2 is 2.03 bits per heavy atom. The second kappa shape index (κ2) is 9.41. The molecule has 3 N–H and O–H groups in total. The number of rotatable bonds is 8. The monoisotopic (exact) mass is 456 g/mol. The first-order valence-corrected chi connectivity index (χ1v) is 10.9. The van der Waals surface area contributed by atoms with Crippen molar-refractivity contribution >= 4 is 27.9 Å². The van der Waals surface area contributed by atoms with Crippen LogP contribution in [0.5, 0.6) is 0 Å². The lowest BCUT2D eigenvalue weighted by Crippen LogP contribution is -2.31. The number of nitrogens with zero attached hydrogens (tertiary/aromatic N) is 2. The molecule has 0 saturated heterocycles. The highest BCUT2D eigenvalue weighted by Gasteiger charge is 2.33. The van der Waals surface area contributed by atoms with E-state index in [1.807, 2.05) is 13.1 Å². The van der Waals surface area contributed by atoms with Gasteiger partial charge in [0, 0.05) is 30.1 Å². The normalized spacial score (nSPS) is 12.9. The van der Waals surface area contributed by atoms with Crippen molar-refractivity contribution in [1.29, 1.82) is 0 Å². The molecular formula is C21H24ClF3N4S. The molecule has 3 rings (SSSR count). The van der Waals surface area contributed by atoms with E-state index in [2.05, 4.69) is 17.3 Å². The molecule has 0 bridgehead atoms. The van der Waals surface area contributed by atoms with Crippen LogP contribution in [0, 0.1) is 0 Å². The molecule has 2 heterocycles. The third-order valence-electron chi connectivity index (χ3n) is 4.86. The zero-order chi connectivity index (χ0) is 21.9. The Labute approximate surface area is 182 Å². The lowest BCUT2D eigenvalue weighted by molar-refractivity contribution is -0.138. The Kier molecular flexibility index (Phi) is 7.10. The second-order valence-electron chi connectivity index (χ2n) is 7.10. The van der Waals surface area contributed by atoms with Gasteiger partial charge >= 0.3 is 6.18 Å².